The highest BCUT2D eigenvalue weighted by Crippen LogP contribution is 2.24. The van der Waals surface area contributed by atoms with E-state index in [0.29, 0.717) is 0 Å². The maximum atomic E-state index is 13.7. The molecule has 1 aliphatic rings. The number of anilines is 1. The molecule has 3 rings (SSSR count). The zero-order valence-corrected chi connectivity index (χ0v) is 16.5. The van der Waals surface area contributed by atoms with Gasteiger partial charge in [0.25, 0.3) is 0 Å². The second kappa shape index (κ2) is 9.65. The lowest BCUT2D eigenvalue weighted by atomic mass is 10.1. The quantitative estimate of drug-likeness (QED) is 0.753. The van der Waals surface area contributed by atoms with E-state index in [0.717, 1.165) is 49.8 Å². The molecule has 0 unspecified atom stereocenters. The fourth-order valence-electron chi connectivity index (χ4n) is 3.69. The van der Waals surface area contributed by atoms with Crippen molar-refractivity contribution >= 4 is 17.5 Å². The molecule has 2 aromatic rings. The average molecular weight is 404 g/mol. The molecule has 0 spiro atoms. The van der Waals surface area contributed by atoms with Crippen molar-refractivity contribution in [2.24, 2.45) is 7.05 Å². The van der Waals surface area contributed by atoms with Crippen LogP contribution in [0.1, 0.15) is 37.4 Å². The monoisotopic (exact) mass is 404 g/mol. The lowest BCUT2D eigenvalue weighted by Gasteiger charge is -2.31. The maximum absolute atomic E-state index is 13.7. The van der Waals surface area contributed by atoms with Gasteiger partial charge in [-0.2, -0.15) is 0 Å². The number of hydrogen-bond acceptors (Lipinski definition) is 3. The molecule has 1 fully saturated rings. The number of carbonyl (C=O) groups excluding carboxylic acids is 2. The number of amides is 2. The summed E-state index contributed by atoms with van der Waals surface area (Å²) in [7, 11) is 1.95. The first kappa shape index (κ1) is 21.0. The van der Waals surface area contributed by atoms with E-state index in [2.05, 4.69) is 15.5 Å². The third kappa shape index (κ3) is 5.41. The van der Waals surface area contributed by atoms with Crippen LogP contribution in [0.4, 0.5) is 14.5 Å². The van der Waals surface area contributed by atoms with Crippen LogP contribution in [0, 0.1) is 11.6 Å². The van der Waals surface area contributed by atoms with Gasteiger partial charge in [0.15, 0.2) is 0 Å². The lowest BCUT2D eigenvalue weighted by molar-refractivity contribution is -0.136. The van der Waals surface area contributed by atoms with Crippen molar-refractivity contribution in [3.8, 4) is 0 Å². The molecule has 2 heterocycles. The van der Waals surface area contributed by atoms with Crippen molar-refractivity contribution in [3.63, 3.8) is 0 Å². The summed E-state index contributed by atoms with van der Waals surface area (Å²) in [4.78, 5) is 26.8. The summed E-state index contributed by atoms with van der Waals surface area (Å²) in [6, 6.07) is 6.55. The molecule has 156 valence electrons. The van der Waals surface area contributed by atoms with Crippen LogP contribution in [-0.2, 0) is 16.6 Å². The summed E-state index contributed by atoms with van der Waals surface area (Å²) in [6.45, 7) is 2.09. The molecular weight excluding hydrogens is 378 g/mol. The number of aromatic nitrogens is 1. The maximum Gasteiger partial charge on any atom is 0.313 e. The number of nitrogens with one attached hydrogen (secondary N) is 2. The Morgan fingerprint density at radius 1 is 1.07 bits per heavy atom. The Bertz CT molecular complexity index is 860. The molecule has 2 N–H and O–H groups in total. The Balaban J connectivity index is 1.66. The lowest BCUT2D eigenvalue weighted by Crippen LogP contribution is -2.43. The molecule has 0 aliphatic carbocycles. The number of rotatable bonds is 5. The summed E-state index contributed by atoms with van der Waals surface area (Å²) in [5, 5.41) is 4.77. The second-order valence-corrected chi connectivity index (χ2v) is 7.30. The fraction of sp³-hybridized carbons (Fsp3) is 0.429. The molecule has 1 saturated heterocycles. The fourth-order valence-corrected chi connectivity index (χ4v) is 3.69. The number of carbonyl (C=O) groups is 2. The van der Waals surface area contributed by atoms with E-state index in [-0.39, 0.29) is 18.3 Å². The minimum atomic E-state index is -1.03. The Morgan fingerprint density at radius 3 is 2.45 bits per heavy atom. The van der Waals surface area contributed by atoms with Gasteiger partial charge in [0.05, 0.1) is 11.7 Å². The van der Waals surface area contributed by atoms with E-state index >= 15 is 0 Å². The molecule has 1 atom stereocenters. The third-order valence-corrected chi connectivity index (χ3v) is 5.25. The van der Waals surface area contributed by atoms with Gasteiger partial charge in [0.2, 0.25) is 0 Å². The zero-order chi connectivity index (χ0) is 20.8. The number of aryl methyl sites for hydroxylation is 1. The molecule has 6 nitrogen and oxygen atoms in total. The Labute approximate surface area is 168 Å². The van der Waals surface area contributed by atoms with Crippen LogP contribution in [0.3, 0.4) is 0 Å². The van der Waals surface area contributed by atoms with E-state index in [1.54, 1.807) is 0 Å². The van der Waals surface area contributed by atoms with E-state index in [1.165, 1.54) is 12.8 Å². The van der Waals surface area contributed by atoms with Crippen LogP contribution in [0.2, 0.25) is 0 Å². The van der Waals surface area contributed by atoms with Crippen molar-refractivity contribution in [3.05, 3.63) is 53.9 Å². The predicted octanol–water partition coefficient (Wildman–Crippen LogP) is 2.98. The van der Waals surface area contributed by atoms with Crippen molar-refractivity contribution in [1.82, 2.24) is 14.8 Å². The second-order valence-electron chi connectivity index (χ2n) is 7.30. The molecule has 1 aromatic heterocycles. The van der Waals surface area contributed by atoms with Gasteiger partial charge in [-0.15, -0.1) is 0 Å². The first-order valence-corrected chi connectivity index (χ1v) is 9.85. The summed E-state index contributed by atoms with van der Waals surface area (Å²) in [6.07, 6.45) is 6.50. The van der Waals surface area contributed by atoms with Crippen molar-refractivity contribution < 1.29 is 18.4 Å². The summed E-state index contributed by atoms with van der Waals surface area (Å²) >= 11 is 0. The third-order valence-electron chi connectivity index (χ3n) is 5.25. The highest BCUT2D eigenvalue weighted by molar-refractivity contribution is 6.39. The van der Waals surface area contributed by atoms with Gasteiger partial charge >= 0.3 is 11.8 Å². The molecule has 1 aromatic carbocycles. The zero-order valence-electron chi connectivity index (χ0n) is 16.5. The summed E-state index contributed by atoms with van der Waals surface area (Å²) in [5.41, 5.74) is 0.681. The molecule has 0 bridgehead atoms. The normalized spacial score (nSPS) is 16.1. The number of benzene rings is 1. The SMILES string of the molecule is Cn1cccc1[C@@H](CNC(=O)C(=O)Nc1cc(F)ccc1F)N1CCCCCC1. The molecule has 0 saturated carbocycles. The summed E-state index contributed by atoms with van der Waals surface area (Å²) < 4.78 is 29.0. The Morgan fingerprint density at radius 2 is 1.79 bits per heavy atom. The van der Waals surface area contributed by atoms with Gasteiger partial charge in [-0.1, -0.05) is 12.8 Å². The van der Waals surface area contributed by atoms with Gasteiger partial charge in [0, 0.05) is 31.5 Å². The van der Waals surface area contributed by atoms with Crippen molar-refractivity contribution in [1.29, 1.82) is 0 Å². The molecule has 2 amide bonds. The van der Waals surface area contributed by atoms with Crippen LogP contribution in [0.5, 0.6) is 0 Å². The topological polar surface area (TPSA) is 66.4 Å². The van der Waals surface area contributed by atoms with Crippen molar-refractivity contribution in [2.45, 2.75) is 31.7 Å². The van der Waals surface area contributed by atoms with E-state index in [1.807, 2.05) is 29.9 Å². The number of halogens is 2. The van der Waals surface area contributed by atoms with Crippen LogP contribution in [0.25, 0.3) is 0 Å². The van der Waals surface area contributed by atoms with Gasteiger partial charge in [0.1, 0.15) is 11.6 Å². The predicted molar refractivity (Wildman–Crippen MR) is 106 cm³/mol. The van der Waals surface area contributed by atoms with Crippen molar-refractivity contribution in [2.75, 3.05) is 25.0 Å². The van der Waals surface area contributed by atoms with Gasteiger partial charge in [-0.3, -0.25) is 14.5 Å². The number of likely N-dealkylation sites (tertiary alicyclic amines) is 1. The Kier molecular flexibility index (Phi) is 6.98. The highest BCUT2D eigenvalue weighted by atomic mass is 19.1. The first-order chi connectivity index (χ1) is 14.0. The van der Waals surface area contributed by atoms with Crippen LogP contribution in [-0.4, -0.2) is 40.9 Å². The van der Waals surface area contributed by atoms with Crippen LogP contribution >= 0.6 is 0 Å². The highest BCUT2D eigenvalue weighted by Gasteiger charge is 2.25. The first-order valence-electron chi connectivity index (χ1n) is 9.85. The largest absolute Gasteiger partial charge is 0.353 e. The van der Waals surface area contributed by atoms with E-state index in [4.69, 9.17) is 0 Å². The minimum Gasteiger partial charge on any atom is -0.353 e. The van der Waals surface area contributed by atoms with Gasteiger partial charge < -0.3 is 15.2 Å². The van der Waals surface area contributed by atoms with Gasteiger partial charge in [-0.05, 0) is 50.2 Å². The number of nitrogens with zero attached hydrogens (tertiary/aromatic N) is 2. The van der Waals surface area contributed by atoms with Crippen LogP contribution < -0.4 is 10.6 Å². The average Bonchev–Trinajstić information content (AvgIpc) is 2.94. The molecule has 29 heavy (non-hydrogen) atoms. The minimum absolute atomic E-state index is 0.0734. The Hall–Kier alpha value is -2.74. The number of hydrogen-bond donors (Lipinski definition) is 2. The van der Waals surface area contributed by atoms with Crippen LogP contribution in [0.15, 0.2) is 36.5 Å². The molecule has 8 heteroatoms. The molecule has 1 aliphatic heterocycles. The van der Waals surface area contributed by atoms with E-state index < -0.39 is 23.4 Å². The summed E-state index contributed by atoms with van der Waals surface area (Å²) in [5.74, 6) is -3.43. The molecule has 0 radical (unpaired) electrons. The smallest absolute Gasteiger partial charge is 0.313 e. The molecular formula is C21H26F2N4O2. The van der Waals surface area contributed by atoms with Gasteiger partial charge in [-0.25, -0.2) is 8.78 Å². The van der Waals surface area contributed by atoms with E-state index in [9.17, 15) is 18.4 Å². The standard InChI is InChI=1S/C21H26F2N4O2/c1-26-10-6-7-18(26)19(27-11-4-2-3-5-12-27)14-24-20(28)21(29)25-17-13-15(22)8-9-16(17)23/h6-10,13,19H,2-5,11-12,14H2,1H3,(H,24,28)(H,25,29)/t19-/m1/s1.